The van der Waals surface area contributed by atoms with Crippen LogP contribution in [0.3, 0.4) is 0 Å². The van der Waals surface area contributed by atoms with E-state index >= 15 is 0 Å². The molecule has 1 fully saturated rings. The van der Waals surface area contributed by atoms with Crippen molar-refractivity contribution in [3.8, 4) is 0 Å². The van der Waals surface area contributed by atoms with E-state index in [4.69, 9.17) is 4.74 Å². The molecule has 0 bridgehead atoms. The zero-order valence-corrected chi connectivity index (χ0v) is 14.2. The fraction of sp³-hybridized carbons (Fsp3) is 0.941. The SMILES string of the molecule is CCC(C)NC(C(=O)OC)C1CCC(C(C)(C)C)CC1. The third-order valence-electron chi connectivity index (χ3n) is 5.00. The van der Waals surface area contributed by atoms with E-state index < -0.39 is 0 Å². The molecule has 0 amide bonds. The first-order chi connectivity index (χ1) is 9.29. The topological polar surface area (TPSA) is 38.3 Å². The van der Waals surface area contributed by atoms with Crippen LogP contribution in [0.15, 0.2) is 0 Å². The maximum Gasteiger partial charge on any atom is 0.323 e. The summed E-state index contributed by atoms with van der Waals surface area (Å²) in [5.41, 5.74) is 0.385. The summed E-state index contributed by atoms with van der Waals surface area (Å²) in [6.45, 7) is 11.3. The lowest BCUT2D eigenvalue weighted by molar-refractivity contribution is -0.145. The second kappa shape index (κ2) is 7.44. The number of nitrogens with one attached hydrogen (secondary N) is 1. The van der Waals surface area contributed by atoms with Crippen LogP contribution in [-0.4, -0.2) is 25.2 Å². The number of methoxy groups -OCH3 is 1. The molecule has 0 heterocycles. The van der Waals surface area contributed by atoms with Crippen LogP contribution in [0.2, 0.25) is 0 Å². The summed E-state index contributed by atoms with van der Waals surface area (Å²) in [4.78, 5) is 12.1. The molecule has 20 heavy (non-hydrogen) atoms. The van der Waals surface area contributed by atoms with Crippen LogP contribution in [0.1, 0.15) is 66.7 Å². The standard InChI is InChI=1S/C17H33NO2/c1-7-12(2)18-15(16(19)20-6)13-8-10-14(11-9-13)17(3,4)5/h12-15,18H,7-11H2,1-6H3. The summed E-state index contributed by atoms with van der Waals surface area (Å²) in [7, 11) is 1.49. The number of rotatable bonds is 5. The van der Waals surface area contributed by atoms with Crippen molar-refractivity contribution in [3.05, 3.63) is 0 Å². The van der Waals surface area contributed by atoms with Crippen molar-refractivity contribution in [2.24, 2.45) is 17.3 Å². The Morgan fingerprint density at radius 2 is 1.80 bits per heavy atom. The van der Waals surface area contributed by atoms with E-state index in [1.165, 1.54) is 20.0 Å². The van der Waals surface area contributed by atoms with Gasteiger partial charge in [0.25, 0.3) is 0 Å². The predicted octanol–water partition coefficient (Wildman–Crippen LogP) is 3.77. The Labute approximate surface area is 124 Å². The van der Waals surface area contributed by atoms with E-state index in [0.29, 0.717) is 17.4 Å². The third kappa shape index (κ3) is 4.76. The Hall–Kier alpha value is -0.570. The average Bonchev–Trinajstić information content (AvgIpc) is 2.42. The van der Waals surface area contributed by atoms with E-state index in [1.54, 1.807) is 0 Å². The molecule has 0 aromatic heterocycles. The van der Waals surface area contributed by atoms with Crippen molar-refractivity contribution in [3.63, 3.8) is 0 Å². The van der Waals surface area contributed by atoms with Gasteiger partial charge in [-0.3, -0.25) is 4.79 Å². The molecule has 0 spiro atoms. The van der Waals surface area contributed by atoms with Gasteiger partial charge in [0, 0.05) is 6.04 Å². The first-order valence-corrected chi connectivity index (χ1v) is 8.13. The highest BCUT2D eigenvalue weighted by Gasteiger charge is 2.36. The maximum absolute atomic E-state index is 12.1. The Bertz CT molecular complexity index is 301. The van der Waals surface area contributed by atoms with Gasteiger partial charge in [-0.15, -0.1) is 0 Å². The monoisotopic (exact) mass is 283 g/mol. The molecule has 0 aliphatic heterocycles. The Balaban J connectivity index is 2.63. The number of esters is 1. The maximum atomic E-state index is 12.1. The minimum absolute atomic E-state index is 0.0930. The van der Waals surface area contributed by atoms with E-state index in [9.17, 15) is 4.79 Å². The van der Waals surface area contributed by atoms with E-state index in [-0.39, 0.29) is 12.0 Å². The third-order valence-corrected chi connectivity index (χ3v) is 5.00. The molecule has 118 valence electrons. The smallest absolute Gasteiger partial charge is 0.323 e. The Kier molecular flexibility index (Phi) is 6.50. The van der Waals surface area contributed by atoms with Crippen LogP contribution in [-0.2, 0) is 9.53 Å². The van der Waals surface area contributed by atoms with Crippen molar-refractivity contribution < 1.29 is 9.53 Å². The number of ether oxygens (including phenoxy) is 1. The minimum atomic E-state index is -0.129. The molecular formula is C17H33NO2. The lowest BCUT2D eigenvalue weighted by Gasteiger charge is -2.39. The Morgan fingerprint density at radius 3 is 2.20 bits per heavy atom. The molecule has 1 aliphatic carbocycles. The van der Waals surface area contributed by atoms with Gasteiger partial charge >= 0.3 is 5.97 Å². The summed E-state index contributed by atoms with van der Waals surface area (Å²) in [5.74, 6) is 1.11. The van der Waals surface area contributed by atoms with Crippen LogP contribution >= 0.6 is 0 Å². The van der Waals surface area contributed by atoms with Crippen LogP contribution in [0.5, 0.6) is 0 Å². The molecule has 0 aromatic carbocycles. The molecule has 0 radical (unpaired) electrons. The van der Waals surface area contributed by atoms with Gasteiger partial charge in [0.05, 0.1) is 7.11 Å². The van der Waals surface area contributed by atoms with Crippen LogP contribution < -0.4 is 5.32 Å². The normalized spacial score (nSPS) is 26.9. The summed E-state index contributed by atoms with van der Waals surface area (Å²) in [5, 5.41) is 3.47. The summed E-state index contributed by atoms with van der Waals surface area (Å²) >= 11 is 0. The van der Waals surface area contributed by atoms with Crippen LogP contribution in [0.25, 0.3) is 0 Å². The van der Waals surface area contributed by atoms with E-state index in [0.717, 1.165) is 25.2 Å². The summed E-state index contributed by atoms with van der Waals surface area (Å²) in [6.07, 6.45) is 5.74. The average molecular weight is 283 g/mol. The highest BCUT2D eigenvalue weighted by Crippen LogP contribution is 2.40. The van der Waals surface area contributed by atoms with Gasteiger partial charge in [0.1, 0.15) is 6.04 Å². The molecule has 1 aliphatic rings. The quantitative estimate of drug-likeness (QED) is 0.781. The lowest BCUT2D eigenvalue weighted by atomic mass is 9.68. The molecule has 3 nitrogen and oxygen atoms in total. The highest BCUT2D eigenvalue weighted by atomic mass is 16.5. The van der Waals surface area contributed by atoms with E-state index in [1.807, 2.05) is 0 Å². The van der Waals surface area contributed by atoms with Gasteiger partial charge in [-0.1, -0.05) is 27.7 Å². The van der Waals surface area contributed by atoms with E-state index in [2.05, 4.69) is 39.9 Å². The fourth-order valence-electron chi connectivity index (χ4n) is 3.27. The van der Waals surface area contributed by atoms with Crippen LogP contribution in [0, 0.1) is 17.3 Å². The van der Waals surface area contributed by atoms with Gasteiger partial charge in [0.15, 0.2) is 0 Å². The second-order valence-electron chi connectivity index (χ2n) is 7.45. The largest absolute Gasteiger partial charge is 0.468 e. The van der Waals surface area contributed by atoms with Gasteiger partial charge in [-0.05, 0) is 56.3 Å². The number of hydrogen-bond acceptors (Lipinski definition) is 3. The van der Waals surface area contributed by atoms with Gasteiger partial charge in [-0.2, -0.15) is 0 Å². The summed E-state index contributed by atoms with van der Waals surface area (Å²) in [6, 6.07) is 0.232. The number of carbonyl (C=O) groups is 1. The molecule has 2 atom stereocenters. The summed E-state index contributed by atoms with van der Waals surface area (Å²) < 4.78 is 5.00. The zero-order chi connectivity index (χ0) is 15.3. The molecule has 0 saturated heterocycles. The van der Waals surface area contributed by atoms with Crippen molar-refractivity contribution >= 4 is 5.97 Å². The number of hydrogen-bond donors (Lipinski definition) is 1. The van der Waals surface area contributed by atoms with Gasteiger partial charge in [0.2, 0.25) is 0 Å². The molecular weight excluding hydrogens is 250 g/mol. The fourth-order valence-corrected chi connectivity index (χ4v) is 3.27. The highest BCUT2D eigenvalue weighted by molar-refractivity contribution is 5.76. The first kappa shape index (κ1) is 17.5. The predicted molar refractivity (Wildman–Crippen MR) is 83.6 cm³/mol. The number of carbonyl (C=O) groups excluding carboxylic acids is 1. The van der Waals surface area contributed by atoms with Gasteiger partial charge in [-0.25, -0.2) is 0 Å². The van der Waals surface area contributed by atoms with Crippen molar-refractivity contribution in [1.29, 1.82) is 0 Å². The molecule has 2 unspecified atom stereocenters. The zero-order valence-electron chi connectivity index (χ0n) is 14.2. The molecule has 3 heteroatoms. The first-order valence-electron chi connectivity index (χ1n) is 8.13. The van der Waals surface area contributed by atoms with Crippen molar-refractivity contribution in [2.75, 3.05) is 7.11 Å². The van der Waals surface area contributed by atoms with Crippen LogP contribution in [0.4, 0.5) is 0 Å². The molecule has 1 rings (SSSR count). The second-order valence-corrected chi connectivity index (χ2v) is 7.45. The molecule has 1 saturated carbocycles. The van der Waals surface area contributed by atoms with Crippen molar-refractivity contribution in [2.45, 2.75) is 78.8 Å². The lowest BCUT2D eigenvalue weighted by Crippen LogP contribution is -2.48. The Morgan fingerprint density at radius 1 is 1.25 bits per heavy atom. The molecule has 1 N–H and O–H groups in total. The van der Waals surface area contributed by atoms with Gasteiger partial charge < -0.3 is 10.1 Å². The van der Waals surface area contributed by atoms with Crippen molar-refractivity contribution in [1.82, 2.24) is 5.32 Å². The minimum Gasteiger partial charge on any atom is -0.468 e. The molecule has 0 aromatic rings.